The molecule has 0 bridgehead atoms. The van der Waals surface area contributed by atoms with E-state index in [-0.39, 0.29) is 12.2 Å². The maximum Gasteiger partial charge on any atom is 0.410 e. The van der Waals surface area contributed by atoms with Gasteiger partial charge in [0.2, 0.25) is 0 Å². The molecule has 1 aliphatic rings. The molecule has 0 unspecified atom stereocenters. The molecule has 5 nitrogen and oxygen atoms in total. The number of pyridine rings is 1. The quantitative estimate of drug-likeness (QED) is 0.770. The van der Waals surface area contributed by atoms with E-state index in [9.17, 15) is 4.79 Å². The topological polar surface area (TPSA) is 42.6 Å². The summed E-state index contributed by atoms with van der Waals surface area (Å²) in [7, 11) is 0. The molecule has 2 aromatic rings. The Morgan fingerprint density at radius 2 is 1.70 bits per heavy atom. The van der Waals surface area contributed by atoms with Gasteiger partial charge in [-0.2, -0.15) is 0 Å². The molecule has 1 aliphatic heterocycles. The van der Waals surface area contributed by atoms with Gasteiger partial charge >= 0.3 is 6.09 Å². The first-order valence-electron chi connectivity index (χ1n) is 9.57. The van der Waals surface area contributed by atoms with Crippen LogP contribution in [0.2, 0.25) is 0 Å². The summed E-state index contributed by atoms with van der Waals surface area (Å²) in [5.74, 6) is 0.870. The van der Waals surface area contributed by atoms with Gasteiger partial charge in [0.05, 0.1) is 0 Å². The zero-order valence-corrected chi connectivity index (χ0v) is 16.4. The fourth-order valence-corrected chi connectivity index (χ4v) is 3.10. The lowest BCUT2D eigenvalue weighted by Gasteiger charge is -2.33. The Hall–Kier alpha value is -2.56. The van der Waals surface area contributed by atoms with Crippen molar-refractivity contribution in [1.82, 2.24) is 4.90 Å². The van der Waals surface area contributed by atoms with Crippen molar-refractivity contribution in [3.8, 4) is 5.75 Å². The Morgan fingerprint density at radius 1 is 1.07 bits per heavy atom. The second-order valence-corrected chi connectivity index (χ2v) is 7.98. The van der Waals surface area contributed by atoms with Crippen molar-refractivity contribution in [2.45, 2.75) is 51.9 Å². The van der Waals surface area contributed by atoms with E-state index in [4.69, 9.17) is 9.47 Å². The largest absolute Gasteiger partial charge is 0.490 e. The van der Waals surface area contributed by atoms with Crippen LogP contribution >= 0.6 is 0 Å². The molecule has 1 aromatic carbocycles. The fourth-order valence-electron chi connectivity index (χ4n) is 3.10. The number of hydrogen-bond acceptors (Lipinski definition) is 3. The van der Waals surface area contributed by atoms with Gasteiger partial charge in [-0.1, -0.05) is 30.3 Å². The Bertz CT molecular complexity index is 730. The first-order chi connectivity index (χ1) is 12.9. The maximum absolute atomic E-state index is 12.1. The summed E-state index contributed by atoms with van der Waals surface area (Å²) in [6.07, 6.45) is 5.61. The molecular weight excluding hydrogens is 340 g/mol. The number of benzene rings is 1. The molecule has 0 atom stereocenters. The van der Waals surface area contributed by atoms with Gasteiger partial charge < -0.3 is 14.4 Å². The van der Waals surface area contributed by atoms with Crippen LogP contribution in [0.4, 0.5) is 4.79 Å². The summed E-state index contributed by atoms with van der Waals surface area (Å²) in [6, 6.07) is 14.4. The van der Waals surface area contributed by atoms with Crippen molar-refractivity contribution < 1.29 is 18.8 Å². The van der Waals surface area contributed by atoms with Crippen LogP contribution in [0.5, 0.6) is 5.75 Å². The van der Waals surface area contributed by atoms with Crippen molar-refractivity contribution in [3.63, 3.8) is 0 Å². The molecule has 1 saturated heterocycles. The van der Waals surface area contributed by atoms with E-state index in [0.29, 0.717) is 13.1 Å². The molecule has 0 spiro atoms. The van der Waals surface area contributed by atoms with Crippen LogP contribution in [0.15, 0.2) is 54.9 Å². The van der Waals surface area contributed by atoms with Crippen molar-refractivity contribution in [2.24, 2.45) is 0 Å². The van der Waals surface area contributed by atoms with Crippen molar-refractivity contribution in [1.29, 1.82) is 0 Å². The Morgan fingerprint density at radius 3 is 2.30 bits per heavy atom. The standard InChI is InChI=1S/C22H29N2O3/c1-22(2,3)27-21(25)24-15-11-20(12-16-24)26-19-9-13-23(14-10-19)17-18-7-5-4-6-8-18/h4-10,13-14,20H,11-12,15-17H2,1-3H3/q+1. The molecule has 0 radical (unpaired) electrons. The van der Waals surface area contributed by atoms with Gasteiger partial charge in [-0.25, -0.2) is 9.36 Å². The molecule has 0 aliphatic carbocycles. The summed E-state index contributed by atoms with van der Waals surface area (Å²) < 4.78 is 13.7. The third kappa shape index (κ3) is 5.98. The van der Waals surface area contributed by atoms with Crippen molar-refractivity contribution >= 4 is 6.09 Å². The Balaban J connectivity index is 1.47. The van der Waals surface area contributed by atoms with Crippen LogP contribution < -0.4 is 9.30 Å². The molecule has 2 heterocycles. The second kappa shape index (κ2) is 8.42. The van der Waals surface area contributed by atoms with Gasteiger partial charge in [0.15, 0.2) is 18.9 Å². The summed E-state index contributed by atoms with van der Waals surface area (Å²) in [5, 5.41) is 0. The van der Waals surface area contributed by atoms with Crippen LogP contribution in [0.25, 0.3) is 0 Å². The smallest absolute Gasteiger partial charge is 0.410 e. The van der Waals surface area contributed by atoms with E-state index in [1.54, 1.807) is 4.90 Å². The van der Waals surface area contributed by atoms with Crippen LogP contribution in [-0.4, -0.2) is 35.8 Å². The Kier molecular flexibility index (Phi) is 5.99. The number of piperidine rings is 1. The van der Waals surface area contributed by atoms with E-state index in [1.165, 1.54) is 5.56 Å². The average Bonchev–Trinajstić information content (AvgIpc) is 2.63. The summed E-state index contributed by atoms with van der Waals surface area (Å²) in [6.45, 7) is 7.84. The number of rotatable bonds is 4. The number of carbonyl (C=O) groups is 1. The van der Waals surface area contributed by atoms with E-state index in [0.717, 1.165) is 25.1 Å². The van der Waals surface area contributed by atoms with E-state index < -0.39 is 5.60 Å². The molecule has 144 valence electrons. The number of likely N-dealkylation sites (tertiary alicyclic amines) is 1. The lowest BCUT2D eigenvalue weighted by molar-refractivity contribution is -0.688. The first-order valence-corrected chi connectivity index (χ1v) is 9.57. The number of hydrogen-bond donors (Lipinski definition) is 0. The highest BCUT2D eigenvalue weighted by atomic mass is 16.6. The predicted molar refractivity (Wildman–Crippen MR) is 104 cm³/mol. The molecule has 1 aromatic heterocycles. The molecule has 3 rings (SSSR count). The number of carbonyl (C=O) groups excluding carboxylic acids is 1. The summed E-state index contributed by atoms with van der Waals surface area (Å²) >= 11 is 0. The van der Waals surface area contributed by atoms with E-state index in [1.807, 2.05) is 51.4 Å². The third-order valence-electron chi connectivity index (χ3n) is 4.46. The second-order valence-electron chi connectivity index (χ2n) is 7.98. The molecule has 1 fully saturated rings. The molecule has 0 saturated carbocycles. The highest BCUT2D eigenvalue weighted by Gasteiger charge is 2.27. The van der Waals surface area contributed by atoms with Crippen molar-refractivity contribution in [2.75, 3.05) is 13.1 Å². The van der Waals surface area contributed by atoms with Crippen LogP contribution in [0, 0.1) is 0 Å². The first kappa shape index (κ1) is 19.2. The monoisotopic (exact) mass is 369 g/mol. The van der Waals surface area contributed by atoms with Gasteiger partial charge in [0, 0.05) is 43.6 Å². The minimum atomic E-state index is -0.455. The number of nitrogens with zero attached hydrogens (tertiary/aromatic N) is 2. The van der Waals surface area contributed by atoms with Crippen LogP contribution in [0.3, 0.4) is 0 Å². The zero-order chi connectivity index (χ0) is 19.3. The van der Waals surface area contributed by atoms with Gasteiger partial charge in [0.1, 0.15) is 17.5 Å². The van der Waals surface area contributed by atoms with Gasteiger partial charge in [-0.3, -0.25) is 0 Å². The van der Waals surface area contributed by atoms with E-state index >= 15 is 0 Å². The summed E-state index contributed by atoms with van der Waals surface area (Å²) in [5.41, 5.74) is 0.814. The SMILES string of the molecule is CC(C)(C)OC(=O)N1CCC(Oc2cc[n+](Cc3ccccc3)cc2)CC1. The third-order valence-corrected chi connectivity index (χ3v) is 4.46. The lowest BCUT2D eigenvalue weighted by Crippen LogP contribution is -2.44. The minimum absolute atomic E-state index is 0.133. The fraction of sp³-hybridized carbons (Fsp3) is 0.455. The average molecular weight is 369 g/mol. The van der Waals surface area contributed by atoms with Gasteiger partial charge in [0.25, 0.3) is 0 Å². The maximum atomic E-state index is 12.1. The Labute approximate surface area is 161 Å². The number of amides is 1. The summed E-state index contributed by atoms with van der Waals surface area (Å²) in [4.78, 5) is 13.9. The van der Waals surface area contributed by atoms with Crippen LogP contribution in [0.1, 0.15) is 39.2 Å². The normalized spacial score (nSPS) is 15.4. The van der Waals surface area contributed by atoms with Gasteiger partial charge in [-0.05, 0) is 20.8 Å². The molecule has 1 amide bonds. The molecule has 5 heteroatoms. The van der Waals surface area contributed by atoms with Gasteiger partial charge in [-0.15, -0.1) is 0 Å². The molecular formula is C22H29N2O3+. The highest BCUT2D eigenvalue weighted by Crippen LogP contribution is 2.20. The number of ether oxygens (including phenoxy) is 2. The molecule has 0 N–H and O–H groups in total. The highest BCUT2D eigenvalue weighted by molar-refractivity contribution is 5.68. The predicted octanol–water partition coefficient (Wildman–Crippen LogP) is 3.80. The van der Waals surface area contributed by atoms with Crippen LogP contribution in [-0.2, 0) is 11.3 Å². The van der Waals surface area contributed by atoms with Crippen molar-refractivity contribution in [3.05, 3.63) is 60.4 Å². The van der Waals surface area contributed by atoms with E-state index in [2.05, 4.69) is 28.8 Å². The molecule has 27 heavy (non-hydrogen) atoms. The lowest BCUT2D eigenvalue weighted by atomic mass is 10.1. The number of aromatic nitrogens is 1. The zero-order valence-electron chi connectivity index (χ0n) is 16.4. The minimum Gasteiger partial charge on any atom is -0.490 e.